The lowest BCUT2D eigenvalue weighted by Crippen LogP contribution is -2.49. The van der Waals surface area contributed by atoms with Crippen LogP contribution in [-0.2, 0) is 0 Å². The molecule has 1 saturated heterocycles. The van der Waals surface area contributed by atoms with Crippen LogP contribution in [0.4, 0.5) is 0 Å². The van der Waals surface area contributed by atoms with Crippen molar-refractivity contribution in [1.82, 2.24) is 10.2 Å². The Morgan fingerprint density at radius 2 is 1.96 bits per heavy atom. The van der Waals surface area contributed by atoms with Crippen molar-refractivity contribution < 1.29 is 9.59 Å². The second-order valence-corrected chi connectivity index (χ2v) is 7.72. The number of benzene rings is 1. The van der Waals surface area contributed by atoms with Gasteiger partial charge in [-0.15, -0.1) is 11.3 Å². The van der Waals surface area contributed by atoms with E-state index in [2.05, 4.69) is 5.32 Å². The zero-order valence-electron chi connectivity index (χ0n) is 14.0. The van der Waals surface area contributed by atoms with E-state index in [1.54, 1.807) is 11.3 Å². The Labute approximate surface area is 146 Å². The van der Waals surface area contributed by atoms with E-state index < -0.39 is 0 Å². The molecule has 24 heavy (non-hydrogen) atoms. The number of piperidine rings is 1. The highest BCUT2D eigenvalue weighted by molar-refractivity contribution is 7.12. The number of likely N-dealkylation sites (tertiary alicyclic amines) is 1. The van der Waals surface area contributed by atoms with Crippen LogP contribution in [0.3, 0.4) is 0 Å². The lowest BCUT2D eigenvalue weighted by atomic mass is 10.0. The van der Waals surface area contributed by atoms with Gasteiger partial charge in [0.15, 0.2) is 0 Å². The first-order valence-electron chi connectivity index (χ1n) is 8.27. The van der Waals surface area contributed by atoms with Gasteiger partial charge in [-0.2, -0.15) is 0 Å². The van der Waals surface area contributed by atoms with Crippen molar-refractivity contribution in [2.75, 3.05) is 13.1 Å². The van der Waals surface area contributed by atoms with Crippen LogP contribution >= 0.6 is 11.3 Å². The van der Waals surface area contributed by atoms with E-state index in [9.17, 15) is 9.59 Å². The second-order valence-electron chi connectivity index (χ2n) is 6.26. The molecule has 1 aromatic carbocycles. The van der Waals surface area contributed by atoms with Crippen LogP contribution in [0.2, 0.25) is 0 Å². The Morgan fingerprint density at radius 3 is 2.62 bits per heavy atom. The Bertz CT molecular complexity index is 739. The minimum absolute atomic E-state index is 0.0125. The smallest absolute Gasteiger partial charge is 0.253 e. The third-order valence-electron chi connectivity index (χ3n) is 4.35. The highest BCUT2D eigenvalue weighted by Gasteiger charge is 2.26. The highest BCUT2D eigenvalue weighted by atomic mass is 32.1. The first-order chi connectivity index (χ1) is 11.5. The van der Waals surface area contributed by atoms with Crippen LogP contribution < -0.4 is 5.32 Å². The number of aryl methyl sites for hydroxylation is 2. The maximum atomic E-state index is 12.6. The number of thiophene rings is 1. The van der Waals surface area contributed by atoms with Crippen LogP contribution in [-0.4, -0.2) is 35.8 Å². The molecule has 0 saturated carbocycles. The van der Waals surface area contributed by atoms with Crippen molar-refractivity contribution in [2.45, 2.75) is 32.7 Å². The lowest BCUT2D eigenvalue weighted by Gasteiger charge is -2.33. The molecule has 1 aliphatic heterocycles. The fourth-order valence-corrected chi connectivity index (χ4v) is 4.08. The van der Waals surface area contributed by atoms with Crippen molar-refractivity contribution >= 4 is 23.2 Å². The quantitative estimate of drug-likeness (QED) is 0.929. The fraction of sp³-hybridized carbons (Fsp3) is 0.368. The van der Waals surface area contributed by atoms with Crippen LogP contribution in [0, 0.1) is 13.8 Å². The summed E-state index contributed by atoms with van der Waals surface area (Å²) in [5, 5.41) is 3.10. The van der Waals surface area contributed by atoms with Gasteiger partial charge in [-0.25, -0.2) is 0 Å². The maximum absolute atomic E-state index is 12.6. The minimum Gasteiger partial charge on any atom is -0.347 e. The summed E-state index contributed by atoms with van der Waals surface area (Å²) in [6.45, 7) is 5.30. The zero-order valence-corrected chi connectivity index (χ0v) is 14.9. The van der Waals surface area contributed by atoms with Crippen LogP contribution in [0.25, 0.3) is 0 Å². The topological polar surface area (TPSA) is 49.4 Å². The number of carbonyl (C=O) groups is 2. The number of hydrogen-bond donors (Lipinski definition) is 1. The highest BCUT2D eigenvalue weighted by Crippen LogP contribution is 2.21. The van der Waals surface area contributed by atoms with E-state index in [4.69, 9.17) is 0 Å². The molecule has 2 amide bonds. The number of hydrogen-bond acceptors (Lipinski definition) is 3. The van der Waals surface area contributed by atoms with Gasteiger partial charge in [-0.3, -0.25) is 9.59 Å². The van der Waals surface area contributed by atoms with Crippen LogP contribution in [0.15, 0.2) is 36.4 Å². The van der Waals surface area contributed by atoms with E-state index in [1.165, 1.54) is 0 Å². The zero-order chi connectivity index (χ0) is 17.1. The van der Waals surface area contributed by atoms with Crippen molar-refractivity contribution in [3.63, 3.8) is 0 Å². The third kappa shape index (κ3) is 3.67. The van der Waals surface area contributed by atoms with Gasteiger partial charge in [0, 0.05) is 34.4 Å². The molecule has 2 aromatic rings. The number of carbonyl (C=O) groups excluding carboxylic acids is 2. The fourth-order valence-electron chi connectivity index (χ4n) is 3.16. The summed E-state index contributed by atoms with van der Waals surface area (Å²) in [7, 11) is 0. The largest absolute Gasteiger partial charge is 0.347 e. The van der Waals surface area contributed by atoms with Crippen molar-refractivity contribution in [3.05, 3.63) is 57.3 Å². The molecule has 1 atom stereocenters. The van der Waals surface area contributed by atoms with Gasteiger partial charge in [-0.1, -0.05) is 18.2 Å². The molecular weight excluding hydrogens is 320 g/mol. The molecule has 1 fully saturated rings. The molecule has 0 radical (unpaired) electrons. The molecule has 2 heterocycles. The van der Waals surface area contributed by atoms with Gasteiger partial charge < -0.3 is 10.2 Å². The average molecular weight is 342 g/mol. The van der Waals surface area contributed by atoms with Crippen molar-refractivity contribution in [1.29, 1.82) is 0 Å². The monoisotopic (exact) mass is 342 g/mol. The predicted molar refractivity (Wildman–Crippen MR) is 96.6 cm³/mol. The number of nitrogens with one attached hydrogen (secondary N) is 1. The molecule has 0 aliphatic carbocycles. The second kappa shape index (κ2) is 7.18. The predicted octanol–water partition coefficient (Wildman–Crippen LogP) is 3.40. The molecule has 126 valence electrons. The first-order valence-corrected chi connectivity index (χ1v) is 9.08. The van der Waals surface area contributed by atoms with Gasteiger partial charge in [-0.05, 0) is 44.9 Å². The minimum atomic E-state index is -0.0316. The van der Waals surface area contributed by atoms with E-state index in [1.807, 2.05) is 55.1 Å². The third-order valence-corrected chi connectivity index (χ3v) is 5.32. The summed E-state index contributed by atoms with van der Waals surface area (Å²) in [6, 6.07) is 11.3. The molecule has 1 aliphatic rings. The molecule has 3 rings (SSSR count). The molecule has 0 bridgehead atoms. The summed E-state index contributed by atoms with van der Waals surface area (Å²) in [6.07, 6.45) is 1.82. The van der Waals surface area contributed by atoms with Gasteiger partial charge in [0.2, 0.25) is 0 Å². The molecule has 1 aromatic heterocycles. The van der Waals surface area contributed by atoms with E-state index in [0.717, 1.165) is 34.7 Å². The Kier molecular flexibility index (Phi) is 5.00. The van der Waals surface area contributed by atoms with Gasteiger partial charge in [0.25, 0.3) is 11.8 Å². The normalized spacial score (nSPS) is 17.6. The maximum Gasteiger partial charge on any atom is 0.253 e. The summed E-state index contributed by atoms with van der Waals surface area (Å²) in [4.78, 5) is 29.1. The standard InChI is InChI=1S/C19H22N2O2S/c1-13-11-17(14(2)24-13)18(22)20-16-9-6-10-21(12-16)19(23)15-7-4-3-5-8-15/h3-5,7-8,11,16H,6,9-10,12H2,1-2H3,(H,20,22). The molecule has 0 spiro atoms. The van der Waals surface area contributed by atoms with Gasteiger partial charge >= 0.3 is 0 Å². The van der Waals surface area contributed by atoms with Crippen LogP contribution in [0.5, 0.6) is 0 Å². The van der Waals surface area contributed by atoms with E-state index in [-0.39, 0.29) is 17.9 Å². The molecule has 4 nitrogen and oxygen atoms in total. The van der Waals surface area contributed by atoms with E-state index >= 15 is 0 Å². The summed E-state index contributed by atoms with van der Waals surface area (Å²) in [5.74, 6) is 0.00738. The number of nitrogens with zero attached hydrogens (tertiary/aromatic N) is 1. The molecular formula is C19H22N2O2S. The summed E-state index contributed by atoms with van der Waals surface area (Å²) >= 11 is 1.64. The SMILES string of the molecule is Cc1cc(C(=O)NC2CCCN(C(=O)c3ccccc3)C2)c(C)s1. The summed E-state index contributed by atoms with van der Waals surface area (Å²) < 4.78 is 0. The lowest BCUT2D eigenvalue weighted by molar-refractivity contribution is 0.0676. The van der Waals surface area contributed by atoms with E-state index in [0.29, 0.717) is 12.1 Å². The van der Waals surface area contributed by atoms with Crippen LogP contribution in [0.1, 0.15) is 43.3 Å². The number of amides is 2. The van der Waals surface area contributed by atoms with Crippen molar-refractivity contribution in [2.24, 2.45) is 0 Å². The molecule has 1 unspecified atom stereocenters. The number of rotatable bonds is 3. The molecule has 1 N–H and O–H groups in total. The Morgan fingerprint density at radius 1 is 1.21 bits per heavy atom. The van der Waals surface area contributed by atoms with Crippen molar-refractivity contribution in [3.8, 4) is 0 Å². The molecule has 5 heteroatoms. The Balaban J connectivity index is 1.64. The van der Waals surface area contributed by atoms with Gasteiger partial charge in [0.1, 0.15) is 0 Å². The Hall–Kier alpha value is -2.14. The summed E-state index contributed by atoms with van der Waals surface area (Å²) in [5.41, 5.74) is 1.46. The average Bonchev–Trinajstić information content (AvgIpc) is 2.94. The van der Waals surface area contributed by atoms with Gasteiger partial charge in [0.05, 0.1) is 5.56 Å². The first kappa shape index (κ1) is 16.7.